The Kier molecular flexibility index (Phi) is 3.92. The molecule has 0 saturated carbocycles. The van der Waals surface area contributed by atoms with Gasteiger partial charge in [0.25, 0.3) is 0 Å². The highest BCUT2D eigenvalue weighted by molar-refractivity contribution is 5.73. The van der Waals surface area contributed by atoms with Gasteiger partial charge in [-0.15, -0.1) is 0 Å². The fraction of sp³-hybridized carbons (Fsp3) is 0.800. The van der Waals surface area contributed by atoms with Crippen LogP contribution in [0.1, 0.15) is 26.7 Å². The van der Waals surface area contributed by atoms with Gasteiger partial charge >= 0.3 is 0 Å². The van der Waals surface area contributed by atoms with Crippen LogP contribution in [-0.4, -0.2) is 36.3 Å². The van der Waals surface area contributed by atoms with E-state index in [9.17, 15) is 9.59 Å². The molecule has 1 saturated heterocycles. The van der Waals surface area contributed by atoms with E-state index in [1.807, 2.05) is 4.90 Å². The normalized spacial score (nSPS) is 18.0. The molecule has 0 aromatic rings. The zero-order chi connectivity index (χ0) is 10.6. The first-order valence-corrected chi connectivity index (χ1v) is 5.09. The van der Waals surface area contributed by atoms with Crippen molar-refractivity contribution in [2.45, 2.75) is 26.7 Å². The number of amides is 2. The summed E-state index contributed by atoms with van der Waals surface area (Å²) in [4.78, 5) is 23.6. The summed E-state index contributed by atoms with van der Waals surface area (Å²) < 4.78 is 0. The topological polar surface area (TPSA) is 49.4 Å². The van der Waals surface area contributed by atoms with Gasteiger partial charge in [-0.25, -0.2) is 0 Å². The van der Waals surface area contributed by atoms with Gasteiger partial charge in [-0.3, -0.25) is 9.59 Å². The van der Waals surface area contributed by atoms with Crippen molar-refractivity contribution < 1.29 is 9.59 Å². The van der Waals surface area contributed by atoms with Crippen molar-refractivity contribution in [2.75, 3.05) is 19.6 Å². The van der Waals surface area contributed by atoms with E-state index in [-0.39, 0.29) is 11.8 Å². The van der Waals surface area contributed by atoms with Crippen molar-refractivity contribution in [3.8, 4) is 0 Å². The van der Waals surface area contributed by atoms with Gasteiger partial charge in [-0.1, -0.05) is 0 Å². The Labute approximate surface area is 84.7 Å². The van der Waals surface area contributed by atoms with Crippen LogP contribution in [0.15, 0.2) is 0 Å². The fourth-order valence-electron chi connectivity index (χ4n) is 1.74. The van der Waals surface area contributed by atoms with E-state index in [4.69, 9.17) is 0 Å². The molecule has 0 aromatic heterocycles. The van der Waals surface area contributed by atoms with Gasteiger partial charge in [-0.05, 0) is 18.8 Å². The summed E-state index contributed by atoms with van der Waals surface area (Å²) in [6.07, 6.45) is 2.00. The quantitative estimate of drug-likeness (QED) is 0.697. The van der Waals surface area contributed by atoms with Gasteiger partial charge in [0.2, 0.25) is 11.8 Å². The van der Waals surface area contributed by atoms with Crippen LogP contribution in [0.4, 0.5) is 0 Å². The molecule has 4 heteroatoms. The summed E-state index contributed by atoms with van der Waals surface area (Å²) in [5.41, 5.74) is 0. The summed E-state index contributed by atoms with van der Waals surface area (Å²) in [5, 5.41) is 2.82. The molecule has 1 heterocycles. The smallest absolute Gasteiger partial charge is 0.219 e. The third-order valence-electron chi connectivity index (χ3n) is 2.70. The highest BCUT2D eigenvalue weighted by atomic mass is 16.2. The predicted octanol–water partition coefficient (Wildman–Crippen LogP) is 0.381. The van der Waals surface area contributed by atoms with Crippen LogP contribution < -0.4 is 5.32 Å². The van der Waals surface area contributed by atoms with Gasteiger partial charge in [0.1, 0.15) is 0 Å². The standard InChI is InChI=1S/C10H18N2O2/c1-8(13)11-7-10-3-5-12(6-4-10)9(2)14/h10H,3-7H2,1-2H3,(H,11,13). The summed E-state index contributed by atoms with van der Waals surface area (Å²) in [6.45, 7) is 5.55. The van der Waals surface area contributed by atoms with E-state index in [2.05, 4.69) is 5.32 Å². The lowest BCUT2D eigenvalue weighted by molar-refractivity contribution is -0.130. The van der Waals surface area contributed by atoms with Gasteiger partial charge in [0, 0.05) is 33.5 Å². The number of nitrogens with one attached hydrogen (secondary N) is 1. The fourth-order valence-corrected chi connectivity index (χ4v) is 1.74. The SMILES string of the molecule is CC(=O)NCC1CCN(C(C)=O)CC1. The van der Waals surface area contributed by atoms with E-state index in [1.165, 1.54) is 6.92 Å². The lowest BCUT2D eigenvalue weighted by Crippen LogP contribution is -2.40. The molecule has 1 fully saturated rings. The van der Waals surface area contributed by atoms with Crippen LogP contribution in [-0.2, 0) is 9.59 Å². The van der Waals surface area contributed by atoms with E-state index in [0.717, 1.165) is 32.5 Å². The molecule has 0 unspecified atom stereocenters. The number of hydrogen-bond acceptors (Lipinski definition) is 2. The highest BCUT2D eigenvalue weighted by Crippen LogP contribution is 2.16. The first kappa shape index (κ1) is 11.0. The monoisotopic (exact) mass is 198 g/mol. The van der Waals surface area contributed by atoms with Crippen LogP contribution in [0, 0.1) is 5.92 Å². The lowest BCUT2D eigenvalue weighted by atomic mass is 9.97. The molecule has 0 spiro atoms. The summed E-state index contributed by atoms with van der Waals surface area (Å²) >= 11 is 0. The summed E-state index contributed by atoms with van der Waals surface area (Å²) in [5.74, 6) is 0.719. The van der Waals surface area contributed by atoms with Gasteiger partial charge in [0.05, 0.1) is 0 Å². The van der Waals surface area contributed by atoms with Gasteiger partial charge in [-0.2, -0.15) is 0 Å². The maximum Gasteiger partial charge on any atom is 0.219 e. The number of rotatable bonds is 2. The maximum absolute atomic E-state index is 11.0. The Morgan fingerprint density at radius 2 is 1.86 bits per heavy atom. The number of nitrogens with zero attached hydrogens (tertiary/aromatic N) is 1. The molecule has 0 aliphatic carbocycles. The molecule has 80 valence electrons. The van der Waals surface area contributed by atoms with E-state index in [1.54, 1.807) is 6.92 Å². The molecule has 2 amide bonds. The summed E-state index contributed by atoms with van der Waals surface area (Å²) in [6, 6.07) is 0. The second-order valence-electron chi connectivity index (χ2n) is 3.89. The first-order valence-electron chi connectivity index (χ1n) is 5.09. The number of carbonyl (C=O) groups excluding carboxylic acids is 2. The molecular formula is C10H18N2O2. The third-order valence-corrected chi connectivity index (χ3v) is 2.70. The number of carbonyl (C=O) groups is 2. The minimum absolute atomic E-state index is 0.0268. The molecule has 0 aromatic carbocycles. The second-order valence-corrected chi connectivity index (χ2v) is 3.89. The Bertz CT molecular complexity index is 220. The molecule has 1 aliphatic heterocycles. The molecule has 1 aliphatic rings. The van der Waals surface area contributed by atoms with E-state index in [0.29, 0.717) is 5.92 Å². The predicted molar refractivity (Wildman–Crippen MR) is 53.7 cm³/mol. The van der Waals surface area contributed by atoms with E-state index < -0.39 is 0 Å². The molecule has 1 rings (SSSR count). The van der Waals surface area contributed by atoms with Crippen LogP contribution in [0.5, 0.6) is 0 Å². The van der Waals surface area contributed by atoms with Crippen LogP contribution >= 0.6 is 0 Å². The Balaban J connectivity index is 2.22. The minimum Gasteiger partial charge on any atom is -0.356 e. The first-order chi connectivity index (χ1) is 6.59. The molecular weight excluding hydrogens is 180 g/mol. The third kappa shape index (κ3) is 3.36. The molecule has 0 radical (unpaired) electrons. The van der Waals surface area contributed by atoms with Crippen LogP contribution in [0.25, 0.3) is 0 Å². The van der Waals surface area contributed by atoms with Crippen LogP contribution in [0.3, 0.4) is 0 Å². The molecule has 0 atom stereocenters. The molecule has 1 N–H and O–H groups in total. The molecule has 4 nitrogen and oxygen atoms in total. The number of hydrogen-bond donors (Lipinski definition) is 1. The Morgan fingerprint density at radius 1 is 1.29 bits per heavy atom. The molecule has 0 bridgehead atoms. The number of likely N-dealkylation sites (tertiary alicyclic amines) is 1. The van der Waals surface area contributed by atoms with E-state index >= 15 is 0 Å². The van der Waals surface area contributed by atoms with Crippen molar-refractivity contribution in [1.29, 1.82) is 0 Å². The van der Waals surface area contributed by atoms with Crippen molar-refractivity contribution in [3.05, 3.63) is 0 Å². The maximum atomic E-state index is 11.0. The zero-order valence-corrected chi connectivity index (χ0v) is 8.88. The highest BCUT2D eigenvalue weighted by Gasteiger charge is 2.20. The zero-order valence-electron chi connectivity index (χ0n) is 8.88. The average Bonchev–Trinajstić information content (AvgIpc) is 2.15. The van der Waals surface area contributed by atoms with Gasteiger partial charge < -0.3 is 10.2 Å². The summed E-state index contributed by atoms with van der Waals surface area (Å²) in [7, 11) is 0. The Morgan fingerprint density at radius 3 is 2.29 bits per heavy atom. The van der Waals surface area contributed by atoms with Crippen LogP contribution in [0.2, 0.25) is 0 Å². The van der Waals surface area contributed by atoms with Crippen molar-refractivity contribution in [1.82, 2.24) is 10.2 Å². The molecule has 14 heavy (non-hydrogen) atoms. The lowest BCUT2D eigenvalue weighted by Gasteiger charge is -2.31. The minimum atomic E-state index is 0.0268. The largest absolute Gasteiger partial charge is 0.356 e. The van der Waals surface area contributed by atoms with Gasteiger partial charge in [0.15, 0.2) is 0 Å². The van der Waals surface area contributed by atoms with Crippen molar-refractivity contribution in [2.24, 2.45) is 5.92 Å². The second kappa shape index (κ2) is 4.98. The van der Waals surface area contributed by atoms with Crippen molar-refractivity contribution in [3.63, 3.8) is 0 Å². The average molecular weight is 198 g/mol. The number of piperidine rings is 1. The van der Waals surface area contributed by atoms with Crippen molar-refractivity contribution >= 4 is 11.8 Å². The Hall–Kier alpha value is -1.06.